The largest absolute Gasteiger partial charge is 0.416 e. The summed E-state index contributed by atoms with van der Waals surface area (Å²) in [6, 6.07) is 7.09. The third kappa shape index (κ3) is 5.57. The number of halogens is 6. The van der Waals surface area contributed by atoms with Gasteiger partial charge in [0.05, 0.1) is 16.0 Å². The summed E-state index contributed by atoms with van der Waals surface area (Å²) in [7, 11) is -4.35. The summed E-state index contributed by atoms with van der Waals surface area (Å²) in [5.41, 5.74) is -1.44. The average molecular weight is 588 g/mol. The number of carbonyl (C=O) groups excluding carboxylic acids is 1. The zero-order valence-corrected chi connectivity index (χ0v) is 21.7. The van der Waals surface area contributed by atoms with Crippen molar-refractivity contribution in [2.75, 3.05) is 26.2 Å². The number of H-pyrrole nitrogens is 1. The number of sulfonamides is 1. The van der Waals surface area contributed by atoms with Crippen molar-refractivity contribution in [1.82, 2.24) is 24.4 Å². The molecule has 2 fully saturated rings. The van der Waals surface area contributed by atoms with Gasteiger partial charge < -0.3 is 4.90 Å². The number of aromatic nitrogens is 3. The van der Waals surface area contributed by atoms with E-state index in [1.54, 1.807) is 6.92 Å². The van der Waals surface area contributed by atoms with Crippen molar-refractivity contribution in [2.45, 2.75) is 36.5 Å². The summed E-state index contributed by atoms with van der Waals surface area (Å²) in [5, 5.41) is 6.35. The van der Waals surface area contributed by atoms with E-state index in [-0.39, 0.29) is 49.4 Å². The monoisotopic (exact) mass is 587 g/mol. The molecule has 2 heterocycles. The van der Waals surface area contributed by atoms with Gasteiger partial charge in [-0.15, -0.1) is 0 Å². The zero-order valence-electron chi connectivity index (χ0n) is 20.9. The van der Waals surface area contributed by atoms with Crippen LogP contribution in [0.3, 0.4) is 0 Å². The summed E-state index contributed by atoms with van der Waals surface area (Å²) in [4.78, 5) is 17.9. The highest BCUT2D eigenvalue weighted by molar-refractivity contribution is 7.89. The Morgan fingerprint density at radius 2 is 1.55 bits per heavy atom. The van der Waals surface area contributed by atoms with Crippen LogP contribution >= 0.6 is 0 Å². The Bertz CT molecular complexity index is 1530. The first-order chi connectivity index (χ1) is 18.6. The lowest BCUT2D eigenvalue weighted by molar-refractivity contribution is -0.138. The predicted molar refractivity (Wildman–Crippen MR) is 129 cm³/mol. The van der Waals surface area contributed by atoms with E-state index in [1.165, 1.54) is 17.0 Å². The molecular weight excluding hydrogens is 564 g/mol. The van der Waals surface area contributed by atoms with Crippen LogP contribution in [0.2, 0.25) is 0 Å². The molecule has 40 heavy (non-hydrogen) atoms. The molecule has 1 N–H and O–H groups in total. The highest BCUT2D eigenvalue weighted by Crippen LogP contribution is 2.49. The van der Waals surface area contributed by atoms with Crippen LogP contribution in [-0.2, 0) is 27.2 Å². The number of hydrogen-bond donors (Lipinski definition) is 1. The summed E-state index contributed by atoms with van der Waals surface area (Å²) in [6.07, 6.45) is -8.80. The van der Waals surface area contributed by atoms with Crippen molar-refractivity contribution in [3.63, 3.8) is 0 Å². The number of carbonyl (C=O) groups is 1. The van der Waals surface area contributed by atoms with E-state index in [2.05, 4.69) is 15.2 Å². The fraction of sp³-hybridized carbons (Fsp3) is 0.400. The van der Waals surface area contributed by atoms with E-state index >= 15 is 0 Å². The van der Waals surface area contributed by atoms with E-state index in [9.17, 15) is 39.6 Å². The van der Waals surface area contributed by atoms with E-state index in [4.69, 9.17) is 0 Å². The normalized spacial score (nSPS) is 20.5. The second-order valence-corrected chi connectivity index (χ2v) is 11.7. The van der Waals surface area contributed by atoms with Crippen LogP contribution in [0, 0.1) is 12.8 Å². The van der Waals surface area contributed by atoms with E-state index < -0.39 is 44.3 Å². The van der Waals surface area contributed by atoms with Crippen LogP contribution in [0.5, 0.6) is 0 Å². The summed E-state index contributed by atoms with van der Waals surface area (Å²) in [6.45, 7) is 1.35. The molecule has 15 heteroatoms. The molecule has 1 aliphatic carbocycles. The highest BCUT2D eigenvalue weighted by Gasteiger charge is 2.47. The number of rotatable bonds is 5. The lowest BCUT2D eigenvalue weighted by atomic mass is 10.1. The fourth-order valence-electron chi connectivity index (χ4n) is 4.80. The third-order valence-corrected chi connectivity index (χ3v) is 8.93. The molecular formula is C25H23F6N5O3S. The maximum Gasteiger partial charge on any atom is 0.416 e. The maximum atomic E-state index is 13.6. The summed E-state index contributed by atoms with van der Waals surface area (Å²) < 4.78 is 107. The standard InChI is InChI=1S/C25H23F6N5O3S/c1-14-32-22(34-33-14)16-10-18(25(29,30)31)12-19(11-16)40(38,39)36-8-6-35(7-9-36)23(37)21-13-20(21)15-2-4-17(5-3-15)24(26,27)28/h2-5,10-12,20-21H,6-9,13H2,1H3,(H,32,33,34)/t20-,21+/m0/s1. The van der Waals surface area contributed by atoms with Crippen LogP contribution in [0.25, 0.3) is 11.4 Å². The molecule has 0 bridgehead atoms. The lowest BCUT2D eigenvalue weighted by Crippen LogP contribution is -2.51. The minimum absolute atomic E-state index is 0.0280. The van der Waals surface area contributed by atoms with Gasteiger partial charge in [-0.3, -0.25) is 9.89 Å². The number of aryl methyl sites for hydroxylation is 1. The predicted octanol–water partition coefficient (Wildman–Crippen LogP) is 4.45. The number of aromatic amines is 1. The molecule has 1 saturated carbocycles. The Hall–Kier alpha value is -3.46. The topological polar surface area (TPSA) is 99.3 Å². The van der Waals surface area contributed by atoms with Crippen LogP contribution < -0.4 is 0 Å². The van der Waals surface area contributed by atoms with Gasteiger partial charge in [-0.2, -0.15) is 35.7 Å². The Morgan fingerprint density at radius 1 is 0.925 bits per heavy atom. The van der Waals surface area contributed by atoms with E-state index in [0.29, 0.717) is 23.9 Å². The van der Waals surface area contributed by atoms with Gasteiger partial charge in [0.2, 0.25) is 15.9 Å². The number of amides is 1. The first-order valence-electron chi connectivity index (χ1n) is 12.2. The van der Waals surface area contributed by atoms with Crippen LogP contribution in [0.15, 0.2) is 47.4 Å². The molecule has 214 valence electrons. The first kappa shape index (κ1) is 28.1. The van der Waals surface area contributed by atoms with Gasteiger partial charge in [-0.05, 0) is 55.2 Å². The quantitative estimate of drug-likeness (QED) is 0.445. The Kier molecular flexibility index (Phi) is 6.93. The smallest absolute Gasteiger partial charge is 0.340 e. The molecule has 1 aliphatic heterocycles. The third-order valence-electron chi connectivity index (χ3n) is 7.05. The van der Waals surface area contributed by atoms with Gasteiger partial charge in [0.1, 0.15) is 5.82 Å². The molecule has 1 saturated heterocycles. The molecule has 5 rings (SSSR count). The average Bonchev–Trinajstić information content (AvgIpc) is 3.59. The molecule has 8 nitrogen and oxygen atoms in total. The van der Waals surface area contributed by atoms with Gasteiger partial charge >= 0.3 is 12.4 Å². The molecule has 0 unspecified atom stereocenters. The SMILES string of the molecule is Cc1nc(-c2cc(C(F)(F)F)cc(S(=O)(=O)N3CCN(C(=O)[C@@H]4C[C@H]4c4ccc(C(F)(F)F)cc4)CC3)c2)n[nH]1. The van der Waals surface area contributed by atoms with Crippen LogP contribution in [0.4, 0.5) is 26.3 Å². The molecule has 2 atom stereocenters. The molecule has 2 aliphatic rings. The van der Waals surface area contributed by atoms with Gasteiger partial charge in [0.15, 0.2) is 5.82 Å². The number of nitrogens with one attached hydrogen (secondary N) is 1. The first-order valence-corrected chi connectivity index (χ1v) is 13.7. The van der Waals surface area contributed by atoms with Crippen molar-refractivity contribution in [2.24, 2.45) is 5.92 Å². The van der Waals surface area contributed by atoms with Crippen molar-refractivity contribution < 1.29 is 39.6 Å². The summed E-state index contributed by atoms with van der Waals surface area (Å²) in [5.74, 6) is -0.616. The Balaban J connectivity index is 1.27. The van der Waals surface area contributed by atoms with Crippen molar-refractivity contribution in [3.05, 3.63) is 65.0 Å². The molecule has 1 aromatic heterocycles. The van der Waals surface area contributed by atoms with Gasteiger partial charge in [-0.25, -0.2) is 13.4 Å². The number of alkyl halides is 6. The minimum Gasteiger partial charge on any atom is -0.340 e. The Labute approximate surface area is 225 Å². The number of nitrogens with zero attached hydrogens (tertiary/aromatic N) is 4. The second kappa shape index (κ2) is 9.87. The Morgan fingerprint density at radius 3 is 2.10 bits per heavy atom. The van der Waals surface area contributed by atoms with Gasteiger partial charge in [0, 0.05) is 37.7 Å². The van der Waals surface area contributed by atoms with Crippen molar-refractivity contribution in [1.29, 1.82) is 0 Å². The fourth-order valence-corrected chi connectivity index (χ4v) is 6.29. The number of hydrogen-bond acceptors (Lipinski definition) is 5. The molecule has 0 spiro atoms. The van der Waals surface area contributed by atoms with Gasteiger partial charge in [0.25, 0.3) is 0 Å². The molecule has 0 radical (unpaired) electrons. The minimum atomic E-state index is -4.81. The van der Waals surface area contributed by atoms with Crippen LogP contribution in [-0.4, -0.2) is 64.9 Å². The second-order valence-electron chi connectivity index (χ2n) is 9.79. The molecule has 1 amide bonds. The number of piperazine rings is 1. The maximum absolute atomic E-state index is 13.6. The lowest BCUT2D eigenvalue weighted by Gasteiger charge is -2.34. The van der Waals surface area contributed by atoms with Gasteiger partial charge in [-0.1, -0.05) is 12.1 Å². The molecule has 3 aromatic rings. The van der Waals surface area contributed by atoms with Crippen molar-refractivity contribution in [3.8, 4) is 11.4 Å². The van der Waals surface area contributed by atoms with E-state index in [0.717, 1.165) is 28.6 Å². The zero-order chi connectivity index (χ0) is 29.0. The summed E-state index contributed by atoms with van der Waals surface area (Å²) >= 11 is 0. The van der Waals surface area contributed by atoms with Crippen molar-refractivity contribution >= 4 is 15.9 Å². The number of benzene rings is 2. The van der Waals surface area contributed by atoms with E-state index in [1.807, 2.05) is 0 Å². The van der Waals surface area contributed by atoms with Crippen LogP contribution in [0.1, 0.15) is 34.9 Å². The molecule has 2 aromatic carbocycles. The highest BCUT2D eigenvalue weighted by atomic mass is 32.2.